The van der Waals surface area contributed by atoms with Crippen LogP contribution in [0.5, 0.6) is 0 Å². The van der Waals surface area contributed by atoms with Gasteiger partial charge in [-0.15, -0.1) is 0 Å². The molecule has 7 heteroatoms. The number of carbonyl (C=O) groups is 1. The van der Waals surface area contributed by atoms with Crippen molar-refractivity contribution in [3.63, 3.8) is 0 Å². The third kappa shape index (κ3) is 4.71. The second kappa shape index (κ2) is 9.38. The van der Waals surface area contributed by atoms with Crippen molar-refractivity contribution in [3.8, 4) is 5.69 Å². The van der Waals surface area contributed by atoms with Gasteiger partial charge in [-0.1, -0.05) is 61.9 Å². The second-order valence-electron chi connectivity index (χ2n) is 7.46. The number of fused-ring (bicyclic) bond motifs is 1. The fourth-order valence-electron chi connectivity index (χ4n) is 3.64. The average Bonchev–Trinajstić information content (AvgIpc) is 3.23. The van der Waals surface area contributed by atoms with Crippen molar-refractivity contribution < 1.29 is 4.79 Å². The number of carbonyl (C=O) groups excluding carboxylic acids is 1. The topological polar surface area (TPSA) is 92.7 Å². The summed E-state index contributed by atoms with van der Waals surface area (Å²) in [6, 6.07) is 19.5. The molecule has 2 heterocycles. The molecule has 0 aliphatic rings. The van der Waals surface area contributed by atoms with E-state index in [1.165, 1.54) is 6.20 Å². The third-order valence-electron chi connectivity index (χ3n) is 5.19. The zero-order valence-corrected chi connectivity index (χ0v) is 17.4. The zero-order valence-electron chi connectivity index (χ0n) is 17.4. The van der Waals surface area contributed by atoms with E-state index in [0.717, 1.165) is 24.1 Å². The molecule has 2 aromatic carbocycles. The monoisotopic (exact) mass is 415 g/mol. The molecule has 0 aliphatic carbocycles. The van der Waals surface area contributed by atoms with Crippen LogP contribution in [-0.2, 0) is 11.2 Å². The summed E-state index contributed by atoms with van der Waals surface area (Å²) >= 11 is 0. The van der Waals surface area contributed by atoms with E-state index < -0.39 is 0 Å². The molecule has 31 heavy (non-hydrogen) atoms. The molecule has 4 aromatic rings. The first-order valence-electron chi connectivity index (χ1n) is 10.5. The van der Waals surface area contributed by atoms with E-state index in [1.807, 2.05) is 60.7 Å². The van der Waals surface area contributed by atoms with Gasteiger partial charge in [-0.3, -0.25) is 9.59 Å². The highest BCUT2D eigenvalue weighted by Crippen LogP contribution is 2.18. The maximum Gasteiger partial charge on any atom is 0.262 e. The lowest BCUT2D eigenvalue weighted by Crippen LogP contribution is -2.29. The van der Waals surface area contributed by atoms with Crippen LogP contribution in [0.1, 0.15) is 43.6 Å². The van der Waals surface area contributed by atoms with Crippen LogP contribution in [0.4, 0.5) is 0 Å². The highest BCUT2D eigenvalue weighted by atomic mass is 16.1. The second-order valence-corrected chi connectivity index (χ2v) is 7.46. The SMILES string of the molecule is CCCC(NC(=O)CCc1nc2c(cnn2-c2ccccc2)c(=O)[nH]1)c1ccccc1. The van der Waals surface area contributed by atoms with Crippen LogP contribution in [0.25, 0.3) is 16.7 Å². The highest BCUT2D eigenvalue weighted by Gasteiger charge is 2.15. The predicted octanol–water partition coefficient (Wildman–Crippen LogP) is 3.70. The standard InChI is InChI=1S/C24H25N5O2/c1-2-9-20(17-10-5-3-6-11-17)26-22(30)15-14-21-27-23-19(24(31)28-21)16-25-29(23)18-12-7-4-8-13-18/h3-8,10-13,16,20H,2,9,14-15H2,1H3,(H,26,30)(H,27,28,31). The molecule has 1 unspecified atom stereocenters. The predicted molar refractivity (Wildman–Crippen MR) is 120 cm³/mol. The Bertz CT molecular complexity index is 1220. The Morgan fingerprint density at radius 1 is 1.10 bits per heavy atom. The van der Waals surface area contributed by atoms with Gasteiger partial charge in [-0.25, -0.2) is 9.67 Å². The minimum absolute atomic E-state index is 0.0206. The molecule has 0 spiro atoms. The summed E-state index contributed by atoms with van der Waals surface area (Å²) in [5.41, 5.74) is 2.15. The molecule has 0 bridgehead atoms. The van der Waals surface area contributed by atoms with Crippen molar-refractivity contribution in [3.05, 3.63) is 88.6 Å². The van der Waals surface area contributed by atoms with E-state index in [4.69, 9.17) is 0 Å². The van der Waals surface area contributed by atoms with Gasteiger partial charge in [0.15, 0.2) is 5.65 Å². The summed E-state index contributed by atoms with van der Waals surface area (Å²) in [7, 11) is 0. The largest absolute Gasteiger partial charge is 0.349 e. The van der Waals surface area contributed by atoms with Crippen molar-refractivity contribution in [1.82, 2.24) is 25.1 Å². The van der Waals surface area contributed by atoms with Gasteiger partial charge in [0.25, 0.3) is 5.56 Å². The number of nitrogens with one attached hydrogen (secondary N) is 2. The summed E-state index contributed by atoms with van der Waals surface area (Å²) in [6.45, 7) is 2.10. The molecule has 0 fully saturated rings. The zero-order chi connectivity index (χ0) is 21.6. The van der Waals surface area contributed by atoms with Crippen molar-refractivity contribution in [2.75, 3.05) is 0 Å². The number of benzene rings is 2. The normalized spacial score (nSPS) is 12.0. The lowest BCUT2D eigenvalue weighted by Gasteiger charge is -2.18. The molecule has 7 nitrogen and oxygen atoms in total. The van der Waals surface area contributed by atoms with Crippen LogP contribution in [0.2, 0.25) is 0 Å². The molecule has 0 aliphatic heterocycles. The first-order chi connectivity index (χ1) is 15.2. The summed E-state index contributed by atoms with van der Waals surface area (Å²) in [6.07, 6.45) is 3.92. The molecule has 0 saturated heterocycles. The van der Waals surface area contributed by atoms with Crippen molar-refractivity contribution in [1.29, 1.82) is 0 Å². The molecule has 0 saturated carbocycles. The van der Waals surface area contributed by atoms with E-state index in [9.17, 15) is 9.59 Å². The molecule has 2 aromatic heterocycles. The number of aryl methyl sites for hydroxylation is 1. The quantitative estimate of drug-likeness (QED) is 0.459. The van der Waals surface area contributed by atoms with Crippen molar-refractivity contribution >= 4 is 16.9 Å². The molecule has 4 rings (SSSR count). The van der Waals surface area contributed by atoms with Gasteiger partial charge >= 0.3 is 0 Å². The van der Waals surface area contributed by atoms with Crippen LogP contribution < -0.4 is 10.9 Å². The molecule has 1 atom stereocenters. The van der Waals surface area contributed by atoms with E-state index in [2.05, 4.69) is 27.3 Å². The summed E-state index contributed by atoms with van der Waals surface area (Å²) in [4.78, 5) is 32.5. The van der Waals surface area contributed by atoms with Crippen LogP contribution in [0, 0.1) is 0 Å². The average molecular weight is 415 g/mol. The van der Waals surface area contributed by atoms with E-state index in [0.29, 0.717) is 23.3 Å². The fraction of sp³-hybridized carbons (Fsp3) is 0.250. The number of aromatic nitrogens is 4. The van der Waals surface area contributed by atoms with Crippen LogP contribution in [0.3, 0.4) is 0 Å². The van der Waals surface area contributed by atoms with Gasteiger partial charge in [0.1, 0.15) is 11.2 Å². The molecule has 2 N–H and O–H groups in total. The molecule has 1 amide bonds. The molecule has 158 valence electrons. The Hall–Kier alpha value is -3.74. The van der Waals surface area contributed by atoms with E-state index in [-0.39, 0.29) is 23.9 Å². The fourth-order valence-corrected chi connectivity index (χ4v) is 3.64. The minimum Gasteiger partial charge on any atom is -0.349 e. The number of amides is 1. The number of H-pyrrole nitrogens is 1. The van der Waals surface area contributed by atoms with Gasteiger partial charge in [-0.05, 0) is 24.1 Å². The van der Waals surface area contributed by atoms with Gasteiger partial charge in [0, 0.05) is 12.8 Å². The number of hydrogen-bond acceptors (Lipinski definition) is 4. The molecular weight excluding hydrogens is 390 g/mol. The van der Waals surface area contributed by atoms with Crippen molar-refractivity contribution in [2.24, 2.45) is 0 Å². The summed E-state index contributed by atoms with van der Waals surface area (Å²) in [5.74, 6) is 0.402. The molecule has 0 radical (unpaired) electrons. The lowest BCUT2D eigenvalue weighted by molar-refractivity contribution is -0.121. The van der Waals surface area contributed by atoms with Crippen LogP contribution >= 0.6 is 0 Å². The Morgan fingerprint density at radius 2 is 1.81 bits per heavy atom. The Morgan fingerprint density at radius 3 is 2.52 bits per heavy atom. The maximum atomic E-state index is 12.6. The summed E-state index contributed by atoms with van der Waals surface area (Å²) < 4.78 is 1.64. The Kier molecular flexibility index (Phi) is 6.21. The van der Waals surface area contributed by atoms with Gasteiger partial charge < -0.3 is 10.3 Å². The highest BCUT2D eigenvalue weighted by molar-refractivity contribution is 5.77. The van der Waals surface area contributed by atoms with Gasteiger partial charge in [0.2, 0.25) is 5.91 Å². The van der Waals surface area contributed by atoms with Crippen LogP contribution in [0.15, 0.2) is 71.7 Å². The summed E-state index contributed by atoms with van der Waals surface area (Å²) in [5, 5.41) is 7.84. The lowest BCUT2D eigenvalue weighted by atomic mass is 10.0. The Labute approximate surface area is 180 Å². The van der Waals surface area contributed by atoms with E-state index in [1.54, 1.807) is 4.68 Å². The number of aromatic amines is 1. The smallest absolute Gasteiger partial charge is 0.262 e. The number of nitrogens with zero attached hydrogens (tertiary/aromatic N) is 3. The Balaban J connectivity index is 1.50. The van der Waals surface area contributed by atoms with Gasteiger partial charge in [-0.2, -0.15) is 5.10 Å². The number of rotatable bonds is 8. The van der Waals surface area contributed by atoms with Crippen molar-refractivity contribution in [2.45, 2.75) is 38.6 Å². The number of para-hydroxylation sites is 1. The first-order valence-corrected chi connectivity index (χ1v) is 10.5. The third-order valence-corrected chi connectivity index (χ3v) is 5.19. The minimum atomic E-state index is -0.254. The van der Waals surface area contributed by atoms with Gasteiger partial charge in [0.05, 0.1) is 17.9 Å². The molecular formula is C24H25N5O2. The van der Waals surface area contributed by atoms with E-state index >= 15 is 0 Å². The number of hydrogen-bond donors (Lipinski definition) is 2. The van der Waals surface area contributed by atoms with Crippen LogP contribution in [-0.4, -0.2) is 25.7 Å². The first kappa shape index (κ1) is 20.5. The maximum absolute atomic E-state index is 12.6.